The van der Waals surface area contributed by atoms with Crippen LogP contribution in [0.4, 0.5) is 5.69 Å². The Kier molecular flexibility index (Phi) is 6.06. The number of benzene rings is 3. The van der Waals surface area contributed by atoms with Crippen molar-refractivity contribution < 1.29 is 14.3 Å². The van der Waals surface area contributed by atoms with E-state index in [1.807, 2.05) is 48.5 Å². The van der Waals surface area contributed by atoms with E-state index in [0.29, 0.717) is 16.5 Å². The number of carbonyl (C=O) groups excluding carboxylic acids is 2. The van der Waals surface area contributed by atoms with Gasteiger partial charge in [-0.05, 0) is 48.0 Å². The second kappa shape index (κ2) is 8.90. The van der Waals surface area contributed by atoms with E-state index in [-0.39, 0.29) is 25.0 Å². The van der Waals surface area contributed by atoms with Crippen molar-refractivity contribution in [2.24, 2.45) is 0 Å². The van der Waals surface area contributed by atoms with Crippen LogP contribution in [-0.2, 0) is 9.59 Å². The molecular weight excluding hydrogens is 468 g/mol. The van der Waals surface area contributed by atoms with E-state index in [1.54, 1.807) is 29.2 Å². The molecule has 0 aromatic heterocycles. The summed E-state index contributed by atoms with van der Waals surface area (Å²) in [5.41, 5.74) is 2.43. The average Bonchev–Trinajstić information content (AvgIpc) is 2.89. The number of halogens is 2. The van der Waals surface area contributed by atoms with E-state index in [2.05, 4.69) is 21.2 Å². The van der Waals surface area contributed by atoms with Gasteiger partial charge in [0.15, 0.2) is 6.61 Å². The highest BCUT2D eigenvalue weighted by Gasteiger charge is 2.33. The quantitative estimate of drug-likeness (QED) is 0.562. The minimum Gasteiger partial charge on any atom is -0.484 e. The maximum atomic E-state index is 13.2. The largest absolute Gasteiger partial charge is 0.484 e. The first-order chi connectivity index (χ1) is 14.5. The Hall–Kier alpha value is -2.83. The van der Waals surface area contributed by atoms with E-state index in [9.17, 15) is 9.59 Å². The molecule has 2 amide bonds. The Morgan fingerprint density at radius 2 is 1.83 bits per heavy atom. The van der Waals surface area contributed by atoms with Crippen LogP contribution in [0.3, 0.4) is 0 Å². The summed E-state index contributed by atoms with van der Waals surface area (Å²) >= 11 is 9.40. The van der Waals surface area contributed by atoms with E-state index in [0.717, 1.165) is 15.6 Å². The molecule has 0 saturated carbocycles. The van der Waals surface area contributed by atoms with E-state index >= 15 is 0 Å². The Balaban J connectivity index is 1.69. The van der Waals surface area contributed by atoms with Gasteiger partial charge in [-0.25, -0.2) is 0 Å². The van der Waals surface area contributed by atoms with Gasteiger partial charge in [0.05, 0.1) is 6.04 Å². The summed E-state index contributed by atoms with van der Waals surface area (Å²) in [6.07, 6.45) is 0. The number of anilines is 1. The van der Waals surface area contributed by atoms with E-state index in [1.165, 1.54) is 0 Å². The number of ether oxygens (including phenoxy) is 1. The fourth-order valence-electron chi connectivity index (χ4n) is 3.46. The molecule has 1 aliphatic heterocycles. The third kappa shape index (κ3) is 4.50. The Morgan fingerprint density at radius 3 is 2.57 bits per heavy atom. The molecule has 0 radical (unpaired) electrons. The molecule has 0 saturated heterocycles. The first-order valence-corrected chi connectivity index (χ1v) is 10.5. The summed E-state index contributed by atoms with van der Waals surface area (Å²) in [4.78, 5) is 27.3. The Morgan fingerprint density at radius 1 is 1.10 bits per heavy atom. The highest BCUT2D eigenvalue weighted by Crippen LogP contribution is 2.37. The number of nitrogens with one attached hydrogen (secondary N) is 1. The number of fused-ring (bicyclic) bond motifs is 1. The second-order valence-corrected chi connectivity index (χ2v) is 8.21. The fraction of sp³-hybridized carbons (Fsp3) is 0.130. The summed E-state index contributed by atoms with van der Waals surface area (Å²) in [7, 11) is 0. The smallest absolute Gasteiger partial charge is 0.261 e. The SMILES string of the molecule is O=C1CN(C(=O)COc2ccc(Cl)cc2)[C@H](c2ccccc2)c2cc(Br)ccc2N1. The van der Waals surface area contributed by atoms with Crippen molar-refractivity contribution in [1.82, 2.24) is 4.90 Å². The van der Waals surface area contributed by atoms with Crippen LogP contribution in [0.5, 0.6) is 5.75 Å². The lowest BCUT2D eigenvalue weighted by atomic mass is 9.96. The first kappa shape index (κ1) is 20.4. The van der Waals surface area contributed by atoms with Crippen molar-refractivity contribution in [1.29, 1.82) is 0 Å². The van der Waals surface area contributed by atoms with Crippen LogP contribution in [0.1, 0.15) is 17.2 Å². The van der Waals surface area contributed by atoms with Gasteiger partial charge >= 0.3 is 0 Å². The van der Waals surface area contributed by atoms with Crippen molar-refractivity contribution >= 4 is 45.0 Å². The van der Waals surface area contributed by atoms with Gasteiger partial charge in [0, 0.05) is 20.7 Å². The number of hydrogen-bond acceptors (Lipinski definition) is 3. The molecule has 1 atom stereocenters. The van der Waals surface area contributed by atoms with Gasteiger partial charge in [0.25, 0.3) is 5.91 Å². The van der Waals surface area contributed by atoms with Crippen molar-refractivity contribution in [2.75, 3.05) is 18.5 Å². The zero-order valence-electron chi connectivity index (χ0n) is 15.8. The van der Waals surface area contributed by atoms with Gasteiger partial charge in [-0.15, -0.1) is 0 Å². The topological polar surface area (TPSA) is 58.6 Å². The standard InChI is InChI=1S/C23H18BrClN2O3/c24-16-6-11-20-19(12-16)23(15-4-2-1-3-5-15)27(13-21(28)26-20)22(29)14-30-18-9-7-17(25)8-10-18/h1-12,23H,13-14H2,(H,26,28)/t23-/m1/s1. The third-order valence-corrected chi connectivity index (χ3v) is 5.56. The van der Waals surface area contributed by atoms with Crippen LogP contribution in [0.15, 0.2) is 77.3 Å². The number of nitrogens with zero attached hydrogens (tertiary/aromatic N) is 1. The third-order valence-electron chi connectivity index (χ3n) is 4.82. The zero-order valence-corrected chi connectivity index (χ0v) is 18.2. The molecule has 30 heavy (non-hydrogen) atoms. The summed E-state index contributed by atoms with van der Waals surface area (Å²) in [6, 6.07) is 21.6. The molecular formula is C23H18BrClN2O3. The van der Waals surface area contributed by atoms with Gasteiger partial charge in [-0.3, -0.25) is 9.59 Å². The van der Waals surface area contributed by atoms with Crippen LogP contribution in [-0.4, -0.2) is 29.9 Å². The second-order valence-electron chi connectivity index (χ2n) is 6.86. The van der Waals surface area contributed by atoms with Gasteiger partial charge in [-0.2, -0.15) is 0 Å². The Bertz CT molecular complexity index is 1070. The molecule has 4 rings (SSSR count). The van der Waals surface area contributed by atoms with E-state index < -0.39 is 6.04 Å². The summed E-state index contributed by atoms with van der Waals surface area (Å²) in [6.45, 7) is -0.268. The zero-order chi connectivity index (χ0) is 21.1. The molecule has 1 N–H and O–H groups in total. The molecule has 3 aromatic rings. The normalized spacial score (nSPS) is 15.7. The van der Waals surface area contributed by atoms with Crippen molar-refractivity contribution in [3.05, 3.63) is 93.4 Å². The Labute approximate surface area is 187 Å². The van der Waals surface area contributed by atoms with Crippen LogP contribution in [0.25, 0.3) is 0 Å². The maximum Gasteiger partial charge on any atom is 0.261 e. The average molecular weight is 486 g/mol. The highest BCUT2D eigenvalue weighted by atomic mass is 79.9. The lowest BCUT2D eigenvalue weighted by Crippen LogP contribution is -2.41. The maximum absolute atomic E-state index is 13.2. The number of carbonyl (C=O) groups is 2. The van der Waals surface area contributed by atoms with Crippen molar-refractivity contribution in [2.45, 2.75) is 6.04 Å². The predicted molar refractivity (Wildman–Crippen MR) is 120 cm³/mol. The fourth-order valence-corrected chi connectivity index (χ4v) is 3.97. The predicted octanol–water partition coefficient (Wildman–Crippen LogP) is 5.05. The number of amides is 2. The summed E-state index contributed by atoms with van der Waals surface area (Å²) < 4.78 is 6.52. The molecule has 0 aliphatic carbocycles. The van der Waals surface area contributed by atoms with Crippen LogP contribution in [0, 0.1) is 0 Å². The van der Waals surface area contributed by atoms with Crippen molar-refractivity contribution in [3.8, 4) is 5.75 Å². The molecule has 1 heterocycles. The molecule has 0 spiro atoms. The highest BCUT2D eigenvalue weighted by molar-refractivity contribution is 9.10. The molecule has 152 valence electrons. The van der Waals surface area contributed by atoms with Crippen LogP contribution < -0.4 is 10.1 Å². The lowest BCUT2D eigenvalue weighted by molar-refractivity contribution is -0.138. The summed E-state index contributed by atoms with van der Waals surface area (Å²) in [5.74, 6) is -0.00921. The molecule has 0 fully saturated rings. The molecule has 3 aromatic carbocycles. The number of rotatable bonds is 4. The van der Waals surface area contributed by atoms with Gasteiger partial charge in [0.1, 0.15) is 12.3 Å². The minimum atomic E-state index is -0.432. The lowest BCUT2D eigenvalue weighted by Gasteiger charge is -2.30. The van der Waals surface area contributed by atoms with Crippen molar-refractivity contribution in [3.63, 3.8) is 0 Å². The monoisotopic (exact) mass is 484 g/mol. The van der Waals surface area contributed by atoms with Gasteiger partial charge in [-0.1, -0.05) is 57.9 Å². The van der Waals surface area contributed by atoms with Crippen LogP contribution >= 0.6 is 27.5 Å². The number of hydrogen-bond donors (Lipinski definition) is 1. The molecule has 7 heteroatoms. The van der Waals surface area contributed by atoms with E-state index in [4.69, 9.17) is 16.3 Å². The molecule has 0 bridgehead atoms. The van der Waals surface area contributed by atoms with Gasteiger partial charge < -0.3 is 15.0 Å². The van der Waals surface area contributed by atoms with Gasteiger partial charge in [0.2, 0.25) is 5.91 Å². The first-order valence-electron chi connectivity index (χ1n) is 9.33. The molecule has 1 aliphatic rings. The minimum absolute atomic E-state index is 0.0747. The molecule has 5 nitrogen and oxygen atoms in total. The summed E-state index contributed by atoms with van der Waals surface area (Å²) in [5, 5.41) is 3.49. The van der Waals surface area contributed by atoms with Crippen LogP contribution in [0.2, 0.25) is 5.02 Å². The molecule has 0 unspecified atom stereocenters.